The van der Waals surface area contributed by atoms with Gasteiger partial charge in [-0.05, 0) is 54.1 Å². The van der Waals surface area contributed by atoms with E-state index in [1.165, 1.54) is 0 Å². The predicted octanol–water partition coefficient (Wildman–Crippen LogP) is 2.92. The number of carbonyl (C=O) groups is 1. The fraction of sp³-hybridized carbons (Fsp3) is 0.176. The van der Waals surface area contributed by atoms with Gasteiger partial charge in [0.15, 0.2) is 5.82 Å². The van der Waals surface area contributed by atoms with Crippen LogP contribution in [0.1, 0.15) is 22.8 Å². The Balaban J connectivity index is 1.86. The number of aromatic nitrogens is 4. The summed E-state index contributed by atoms with van der Waals surface area (Å²) >= 11 is 0. The summed E-state index contributed by atoms with van der Waals surface area (Å²) in [7, 11) is 0. The molecular weight excluding hydrogens is 290 g/mol. The topological polar surface area (TPSA) is 72.7 Å². The Bertz CT molecular complexity index is 840. The van der Waals surface area contributed by atoms with Crippen LogP contribution >= 0.6 is 0 Å². The smallest absolute Gasteiger partial charge is 0.255 e. The summed E-state index contributed by atoms with van der Waals surface area (Å²) in [5.41, 5.74) is 3.25. The van der Waals surface area contributed by atoms with Crippen molar-refractivity contribution in [3.63, 3.8) is 0 Å². The highest BCUT2D eigenvalue weighted by Gasteiger charge is 2.11. The van der Waals surface area contributed by atoms with Gasteiger partial charge in [0, 0.05) is 23.4 Å². The van der Waals surface area contributed by atoms with Gasteiger partial charge in [-0.1, -0.05) is 24.3 Å². The minimum absolute atomic E-state index is 0.159. The van der Waals surface area contributed by atoms with Crippen molar-refractivity contribution in [2.75, 3.05) is 5.32 Å². The molecule has 0 atom stereocenters. The number of anilines is 1. The summed E-state index contributed by atoms with van der Waals surface area (Å²) in [6.07, 6.45) is 0. The fourth-order valence-corrected chi connectivity index (χ4v) is 2.35. The fourth-order valence-electron chi connectivity index (χ4n) is 2.35. The van der Waals surface area contributed by atoms with Gasteiger partial charge in [-0.2, -0.15) is 0 Å². The molecular formula is C17H17N5O. The minimum atomic E-state index is -0.159. The number of rotatable bonds is 4. The second-order valence-corrected chi connectivity index (χ2v) is 5.22. The van der Waals surface area contributed by atoms with Crippen LogP contribution in [0.3, 0.4) is 0 Å². The van der Waals surface area contributed by atoms with Crippen LogP contribution in [0.2, 0.25) is 0 Å². The quantitative estimate of drug-likeness (QED) is 0.804. The molecule has 1 aromatic heterocycles. The normalized spacial score (nSPS) is 10.5. The van der Waals surface area contributed by atoms with Crippen molar-refractivity contribution in [1.29, 1.82) is 0 Å². The van der Waals surface area contributed by atoms with Crippen molar-refractivity contribution in [2.24, 2.45) is 0 Å². The number of carbonyl (C=O) groups excluding carboxylic acids is 1. The number of hydrogen-bond acceptors (Lipinski definition) is 4. The zero-order valence-electron chi connectivity index (χ0n) is 13.0. The zero-order chi connectivity index (χ0) is 16.2. The Labute approximate surface area is 134 Å². The first-order valence-electron chi connectivity index (χ1n) is 7.42. The summed E-state index contributed by atoms with van der Waals surface area (Å²) in [5.74, 6) is 0.491. The van der Waals surface area contributed by atoms with E-state index >= 15 is 0 Å². The van der Waals surface area contributed by atoms with E-state index in [1.54, 1.807) is 16.8 Å². The SMILES string of the molecule is CCn1nnnc1-c1cccc(C(=O)Nc2cccc(C)c2)c1. The standard InChI is InChI=1S/C17H17N5O/c1-3-22-16(19-20-21-22)13-7-5-8-14(11-13)17(23)18-15-9-4-6-12(2)10-15/h4-11H,3H2,1-2H3,(H,18,23). The molecule has 0 saturated carbocycles. The van der Waals surface area contributed by atoms with Crippen molar-refractivity contribution in [3.8, 4) is 11.4 Å². The molecule has 0 unspecified atom stereocenters. The van der Waals surface area contributed by atoms with Crippen molar-refractivity contribution in [1.82, 2.24) is 20.2 Å². The number of amides is 1. The molecule has 0 aliphatic heterocycles. The van der Waals surface area contributed by atoms with Gasteiger partial charge in [0.25, 0.3) is 5.91 Å². The Morgan fingerprint density at radius 3 is 2.78 bits per heavy atom. The van der Waals surface area contributed by atoms with Crippen molar-refractivity contribution in [2.45, 2.75) is 20.4 Å². The van der Waals surface area contributed by atoms with E-state index in [1.807, 2.05) is 50.2 Å². The number of benzene rings is 2. The van der Waals surface area contributed by atoms with Crippen molar-refractivity contribution >= 4 is 11.6 Å². The lowest BCUT2D eigenvalue weighted by Gasteiger charge is -2.07. The summed E-state index contributed by atoms with van der Waals surface area (Å²) < 4.78 is 1.69. The average Bonchev–Trinajstić information content (AvgIpc) is 3.03. The number of nitrogens with one attached hydrogen (secondary N) is 1. The molecule has 0 aliphatic carbocycles. The lowest BCUT2D eigenvalue weighted by atomic mass is 10.1. The molecule has 6 nitrogen and oxygen atoms in total. The first kappa shape index (κ1) is 14.9. The van der Waals surface area contributed by atoms with E-state index in [0.29, 0.717) is 17.9 Å². The van der Waals surface area contributed by atoms with Crippen molar-refractivity contribution < 1.29 is 4.79 Å². The second kappa shape index (κ2) is 6.39. The lowest BCUT2D eigenvalue weighted by Crippen LogP contribution is -2.12. The third kappa shape index (κ3) is 3.26. The van der Waals surface area contributed by atoms with E-state index in [4.69, 9.17) is 0 Å². The Morgan fingerprint density at radius 1 is 1.17 bits per heavy atom. The van der Waals surface area contributed by atoms with E-state index in [0.717, 1.165) is 16.8 Å². The molecule has 3 aromatic rings. The molecule has 0 aliphatic rings. The Hall–Kier alpha value is -3.02. The van der Waals surface area contributed by atoms with Crippen LogP contribution in [0.25, 0.3) is 11.4 Å². The van der Waals surface area contributed by atoms with Gasteiger partial charge >= 0.3 is 0 Å². The van der Waals surface area contributed by atoms with Gasteiger partial charge in [0.2, 0.25) is 0 Å². The van der Waals surface area contributed by atoms with E-state index in [-0.39, 0.29) is 5.91 Å². The number of nitrogens with zero attached hydrogens (tertiary/aromatic N) is 4. The van der Waals surface area contributed by atoms with Crippen LogP contribution in [0, 0.1) is 6.92 Å². The monoisotopic (exact) mass is 307 g/mol. The third-order valence-electron chi connectivity index (χ3n) is 3.49. The van der Waals surface area contributed by atoms with Crippen molar-refractivity contribution in [3.05, 3.63) is 59.7 Å². The molecule has 6 heteroatoms. The first-order chi connectivity index (χ1) is 11.2. The van der Waals surface area contributed by atoms with E-state index in [9.17, 15) is 4.79 Å². The van der Waals surface area contributed by atoms with E-state index in [2.05, 4.69) is 20.8 Å². The summed E-state index contributed by atoms with van der Waals surface area (Å²) in [6.45, 7) is 4.62. The largest absolute Gasteiger partial charge is 0.322 e. The van der Waals surface area contributed by atoms with Crippen LogP contribution in [-0.2, 0) is 6.54 Å². The highest BCUT2D eigenvalue weighted by molar-refractivity contribution is 6.04. The van der Waals surface area contributed by atoms with Crippen LogP contribution in [0.5, 0.6) is 0 Å². The third-order valence-corrected chi connectivity index (χ3v) is 3.49. The number of aryl methyl sites for hydroxylation is 2. The molecule has 1 N–H and O–H groups in total. The van der Waals surface area contributed by atoms with Gasteiger partial charge < -0.3 is 5.32 Å². The first-order valence-corrected chi connectivity index (χ1v) is 7.42. The minimum Gasteiger partial charge on any atom is -0.322 e. The van der Waals surface area contributed by atoms with Gasteiger partial charge in [0.1, 0.15) is 0 Å². The zero-order valence-corrected chi connectivity index (χ0v) is 13.0. The molecule has 116 valence electrons. The maximum Gasteiger partial charge on any atom is 0.255 e. The van der Waals surface area contributed by atoms with Gasteiger partial charge in [-0.3, -0.25) is 4.79 Å². The van der Waals surface area contributed by atoms with Crippen LogP contribution in [0.4, 0.5) is 5.69 Å². The molecule has 3 rings (SSSR count). The lowest BCUT2D eigenvalue weighted by molar-refractivity contribution is 0.102. The van der Waals surface area contributed by atoms with Gasteiger partial charge in [-0.15, -0.1) is 5.10 Å². The molecule has 0 saturated heterocycles. The van der Waals surface area contributed by atoms with Gasteiger partial charge in [-0.25, -0.2) is 4.68 Å². The highest BCUT2D eigenvalue weighted by Crippen LogP contribution is 2.18. The molecule has 0 fully saturated rings. The molecule has 2 aromatic carbocycles. The summed E-state index contributed by atoms with van der Waals surface area (Å²) in [5, 5.41) is 14.5. The maximum atomic E-state index is 12.4. The number of tetrazole rings is 1. The molecule has 1 heterocycles. The Morgan fingerprint density at radius 2 is 2.00 bits per heavy atom. The molecule has 1 amide bonds. The van der Waals surface area contributed by atoms with E-state index < -0.39 is 0 Å². The van der Waals surface area contributed by atoms with Gasteiger partial charge in [0.05, 0.1) is 0 Å². The highest BCUT2D eigenvalue weighted by atomic mass is 16.1. The average molecular weight is 307 g/mol. The Kier molecular flexibility index (Phi) is 4.14. The summed E-state index contributed by atoms with van der Waals surface area (Å²) in [6, 6.07) is 15.0. The number of hydrogen-bond donors (Lipinski definition) is 1. The predicted molar refractivity (Wildman–Crippen MR) is 88.1 cm³/mol. The molecule has 0 spiro atoms. The maximum absolute atomic E-state index is 12.4. The molecule has 0 bridgehead atoms. The van der Waals surface area contributed by atoms with Crippen LogP contribution in [-0.4, -0.2) is 26.1 Å². The second-order valence-electron chi connectivity index (χ2n) is 5.22. The summed E-state index contributed by atoms with van der Waals surface area (Å²) in [4.78, 5) is 12.4. The molecule has 0 radical (unpaired) electrons. The molecule has 23 heavy (non-hydrogen) atoms. The van der Waals surface area contributed by atoms with Crippen LogP contribution < -0.4 is 5.32 Å². The van der Waals surface area contributed by atoms with Crippen LogP contribution in [0.15, 0.2) is 48.5 Å².